The van der Waals surface area contributed by atoms with E-state index in [2.05, 4.69) is 0 Å². The standard InChI is InChI=1S/HOSi.3O.Ti.Zr/c1-2;;;;;/h2H;;;;;. The van der Waals surface area contributed by atoms with Gasteiger partial charge in [0, 0.05) is 0 Å². The van der Waals surface area contributed by atoms with Crippen molar-refractivity contribution < 1.29 is 57.7 Å². The van der Waals surface area contributed by atoms with E-state index in [1.54, 1.807) is 0 Å². The van der Waals surface area contributed by atoms with E-state index in [0.717, 1.165) is 0 Å². The summed E-state index contributed by atoms with van der Waals surface area (Å²) in [5.74, 6) is 0. The van der Waals surface area contributed by atoms with E-state index in [1.165, 1.54) is 10.1 Å². The first-order valence-electron chi connectivity index (χ1n) is 0.848. The molecule has 0 unspecified atom stereocenters. The summed E-state index contributed by atoms with van der Waals surface area (Å²) >= 11 is -1.70. The van der Waals surface area contributed by atoms with Crippen molar-refractivity contribution >= 4 is 10.1 Å². The molecule has 0 aromatic heterocycles. The quantitative estimate of drug-likeness (QED) is 0.496. The van der Waals surface area contributed by atoms with Gasteiger partial charge in [-0.25, -0.2) is 0 Å². The molecule has 7 heavy (non-hydrogen) atoms. The predicted molar refractivity (Wildman–Crippen MR) is 9.89 cm³/mol. The van der Waals surface area contributed by atoms with E-state index in [0.29, 0.717) is 24.7 Å². The fraction of sp³-hybridized carbons (Fsp3) is 0. The molecule has 37 valence electrons. The van der Waals surface area contributed by atoms with Crippen LogP contribution in [0.25, 0.3) is 0 Å². The van der Waals surface area contributed by atoms with Crippen molar-refractivity contribution in [3.63, 3.8) is 0 Å². The van der Waals surface area contributed by atoms with Gasteiger partial charge in [-0.1, -0.05) is 0 Å². The monoisotopic (exact) mass is 231 g/mol. The Morgan fingerprint density at radius 3 is 1.14 bits per heavy atom. The fourth-order valence-corrected chi connectivity index (χ4v) is 0. The third-order valence-electron chi connectivity index (χ3n) is 0. The molecule has 0 aliphatic carbocycles. The van der Waals surface area contributed by atoms with Crippen LogP contribution in [-0.2, 0) is 57.7 Å². The normalized spacial score (nSPS) is 2.14. The molecule has 0 aliphatic heterocycles. The van der Waals surface area contributed by atoms with Crippen LogP contribution in [0, 0.1) is 0 Å². The van der Waals surface area contributed by atoms with E-state index in [-0.39, 0.29) is 0 Å². The Bertz CT molecular complexity index is 47.7. The average Bonchev–Trinajstić information content (AvgIpc) is 1.78. The van der Waals surface area contributed by atoms with Crippen LogP contribution in [-0.4, -0.2) is 10.1 Å². The molecule has 0 spiro atoms. The van der Waals surface area contributed by atoms with Gasteiger partial charge in [-0.15, -0.1) is 0 Å². The van der Waals surface area contributed by atoms with Crippen LogP contribution in [0.1, 0.15) is 0 Å². The van der Waals surface area contributed by atoms with Crippen LogP contribution in [0.3, 0.4) is 0 Å². The average molecular weight is 232 g/mol. The van der Waals surface area contributed by atoms with Crippen molar-refractivity contribution in [3.8, 4) is 0 Å². The molecule has 0 saturated carbocycles. The minimum absolute atomic E-state index is 0.300. The Morgan fingerprint density at radius 1 is 1.14 bits per heavy atom. The van der Waals surface area contributed by atoms with E-state index < -0.39 is 19.1 Å². The SMILES string of the molecule is O=[SiH].[O]=[Ti]=[O].[O]=[Zr]. The molecular formula is HO4SiTiZr. The molecule has 0 atom stereocenters. The van der Waals surface area contributed by atoms with Crippen molar-refractivity contribution in [1.29, 1.82) is 0 Å². The molecule has 4 nitrogen and oxygen atoms in total. The number of rotatable bonds is 0. The number of hydrogen-bond donors (Lipinski definition) is 0. The van der Waals surface area contributed by atoms with Gasteiger partial charge < -0.3 is 4.46 Å². The van der Waals surface area contributed by atoms with Gasteiger partial charge in [0.15, 0.2) is 0 Å². The molecule has 0 heterocycles. The van der Waals surface area contributed by atoms with Gasteiger partial charge in [0.1, 0.15) is 0 Å². The van der Waals surface area contributed by atoms with E-state index in [9.17, 15) is 0 Å². The van der Waals surface area contributed by atoms with Crippen LogP contribution >= 0.6 is 0 Å². The molecular weight excluding hydrogens is 231 g/mol. The zero-order chi connectivity index (χ0) is 6.71. The number of hydrogen-bond acceptors (Lipinski definition) is 4. The Balaban J connectivity index is -0.0000000360. The van der Waals surface area contributed by atoms with Crippen LogP contribution < -0.4 is 0 Å². The summed E-state index contributed by atoms with van der Waals surface area (Å²) < 4.78 is 33.5. The molecule has 0 fully saturated rings. The molecule has 0 N–H and O–H groups in total. The van der Waals surface area contributed by atoms with Gasteiger partial charge >= 0.3 is 63.4 Å². The van der Waals surface area contributed by atoms with Gasteiger partial charge in [-0.3, -0.25) is 0 Å². The van der Waals surface area contributed by atoms with Crippen molar-refractivity contribution in [3.05, 3.63) is 0 Å². The van der Waals surface area contributed by atoms with Crippen LogP contribution in [0.2, 0.25) is 0 Å². The second-order valence-corrected chi connectivity index (χ2v) is 0.344. The summed E-state index contributed by atoms with van der Waals surface area (Å²) in [7, 11) is 1.17. The summed E-state index contributed by atoms with van der Waals surface area (Å²) in [4.78, 5) is 0. The van der Waals surface area contributed by atoms with E-state index in [1.807, 2.05) is 0 Å². The molecule has 0 aromatic rings. The van der Waals surface area contributed by atoms with E-state index >= 15 is 0 Å². The molecule has 0 amide bonds. The molecule has 0 aliphatic rings. The summed E-state index contributed by atoms with van der Waals surface area (Å²) in [5.41, 5.74) is 0. The summed E-state index contributed by atoms with van der Waals surface area (Å²) in [6, 6.07) is 0. The van der Waals surface area contributed by atoms with Crippen molar-refractivity contribution in [2.24, 2.45) is 0 Å². The minimum atomic E-state index is -2.00. The molecule has 0 bridgehead atoms. The molecule has 7 heteroatoms. The van der Waals surface area contributed by atoms with Gasteiger partial charge in [-0.05, 0) is 0 Å². The fourth-order valence-electron chi connectivity index (χ4n) is 0. The maximum atomic E-state index is 8.50. The topological polar surface area (TPSA) is 68.3 Å². The zero-order valence-electron chi connectivity index (χ0n) is 3.21. The van der Waals surface area contributed by atoms with Crippen molar-refractivity contribution in [2.75, 3.05) is 0 Å². The van der Waals surface area contributed by atoms with Gasteiger partial charge in [0.2, 0.25) is 0 Å². The van der Waals surface area contributed by atoms with Gasteiger partial charge in [-0.2, -0.15) is 0 Å². The molecule has 0 aromatic carbocycles. The molecule has 0 saturated heterocycles. The second kappa shape index (κ2) is 62.5. The first-order valence-corrected chi connectivity index (χ1v) is 3.60. The molecule has 0 rings (SSSR count). The maximum absolute atomic E-state index is 8.50. The van der Waals surface area contributed by atoms with Gasteiger partial charge in [0.05, 0.1) is 0 Å². The summed E-state index contributed by atoms with van der Waals surface area (Å²) in [6.45, 7) is 0. The van der Waals surface area contributed by atoms with Crippen LogP contribution in [0.4, 0.5) is 0 Å². The summed E-state index contributed by atoms with van der Waals surface area (Å²) in [5, 5.41) is 0. The predicted octanol–water partition coefficient (Wildman–Crippen LogP) is -1.13. The van der Waals surface area contributed by atoms with Crippen LogP contribution in [0.5, 0.6) is 0 Å². The second-order valence-electron chi connectivity index (χ2n) is 0.0833. The molecule has 1 radical (unpaired) electrons. The Hall–Kier alpha value is 1.01. The first kappa shape index (κ1) is 15.7. The Kier molecular flexibility index (Phi) is 140. The third-order valence-corrected chi connectivity index (χ3v) is 0. The summed E-state index contributed by atoms with van der Waals surface area (Å²) in [6.07, 6.45) is 0. The Morgan fingerprint density at radius 2 is 1.14 bits per heavy atom. The van der Waals surface area contributed by atoms with Crippen molar-refractivity contribution in [1.82, 2.24) is 0 Å². The Labute approximate surface area is 67.4 Å². The van der Waals surface area contributed by atoms with Crippen LogP contribution in [0.15, 0.2) is 0 Å². The van der Waals surface area contributed by atoms with Gasteiger partial charge in [0.25, 0.3) is 0 Å². The zero-order valence-corrected chi connectivity index (χ0v) is 8.38. The first-order chi connectivity index (χ1) is 3.41. The van der Waals surface area contributed by atoms with Crippen molar-refractivity contribution in [2.45, 2.75) is 0 Å². The third kappa shape index (κ3) is 171. The van der Waals surface area contributed by atoms with E-state index in [4.69, 9.17) is 13.9 Å².